The van der Waals surface area contributed by atoms with E-state index < -0.39 is 11.4 Å². The summed E-state index contributed by atoms with van der Waals surface area (Å²) in [5.74, 6) is -0.127. The fraction of sp³-hybridized carbons (Fsp3) is 0.471. The zero-order chi connectivity index (χ0) is 29.3. The fourth-order valence-electron chi connectivity index (χ4n) is 4.57. The Kier molecular flexibility index (Phi) is 14.0. The maximum atomic E-state index is 15.1. The van der Waals surface area contributed by atoms with Gasteiger partial charge in [0.25, 0.3) is 0 Å². The molecule has 0 spiro atoms. The minimum Gasteiger partial charge on any atom is -0.493 e. The normalized spacial score (nSPS) is 11.0. The number of esters is 1. The van der Waals surface area contributed by atoms with E-state index in [9.17, 15) is 9.59 Å². The zero-order valence-electron chi connectivity index (χ0n) is 24.3. The van der Waals surface area contributed by atoms with Crippen molar-refractivity contribution in [2.75, 3.05) is 19.8 Å². The lowest BCUT2D eigenvalue weighted by Gasteiger charge is -2.10. The second-order valence-corrected chi connectivity index (χ2v) is 10.2. The highest BCUT2D eigenvalue weighted by atomic mass is 19.1. The van der Waals surface area contributed by atoms with E-state index in [2.05, 4.69) is 6.58 Å². The van der Waals surface area contributed by atoms with E-state index in [4.69, 9.17) is 18.6 Å². The lowest BCUT2D eigenvalue weighted by molar-refractivity contribution is -0.137. The third kappa shape index (κ3) is 10.7. The maximum Gasteiger partial charge on any atom is 0.344 e. The topological polar surface area (TPSA) is 75.0 Å². The summed E-state index contributed by atoms with van der Waals surface area (Å²) < 4.78 is 37.0. The molecule has 0 aliphatic carbocycles. The van der Waals surface area contributed by atoms with Gasteiger partial charge in [-0.25, -0.2) is 14.0 Å². The molecule has 0 saturated heterocycles. The van der Waals surface area contributed by atoms with E-state index in [1.807, 2.05) is 19.1 Å². The van der Waals surface area contributed by atoms with Crippen molar-refractivity contribution in [1.29, 1.82) is 0 Å². The number of halogens is 1. The number of ether oxygens (including phenoxy) is 3. The average Bonchev–Trinajstić information content (AvgIpc) is 2.98. The molecule has 0 bridgehead atoms. The molecule has 2 aromatic carbocycles. The summed E-state index contributed by atoms with van der Waals surface area (Å²) >= 11 is 0. The predicted molar refractivity (Wildman–Crippen MR) is 161 cm³/mol. The smallest absolute Gasteiger partial charge is 0.344 e. The maximum absolute atomic E-state index is 15.1. The van der Waals surface area contributed by atoms with E-state index in [0.29, 0.717) is 36.5 Å². The van der Waals surface area contributed by atoms with E-state index >= 15 is 4.39 Å². The Morgan fingerprint density at radius 3 is 2.17 bits per heavy atom. The first-order valence-electron chi connectivity index (χ1n) is 14.9. The molecule has 41 heavy (non-hydrogen) atoms. The molecule has 0 radical (unpaired) electrons. The molecule has 3 aromatic rings. The highest BCUT2D eigenvalue weighted by Gasteiger charge is 2.16. The molecule has 1 heterocycles. The van der Waals surface area contributed by atoms with Crippen LogP contribution in [0.15, 0.2) is 64.3 Å². The first kappa shape index (κ1) is 31.9. The molecule has 0 aliphatic rings. The number of rotatable bonds is 20. The second-order valence-electron chi connectivity index (χ2n) is 10.2. The number of carbonyl (C=O) groups is 1. The Bertz CT molecular complexity index is 1300. The standard InChI is InChI=1S/C34H43FO6/c1-3-5-21-39-30-18-16-17-28(33(30)35)29-24-26-19-20-27(25-31(26)41-34(29)37)38-22-14-12-10-8-6-7-9-11-13-15-23-40-32(36)4-2/h4,16-20,24-25H,2-3,5-15,21-23H2,1H3. The number of hydrogen-bond donors (Lipinski definition) is 0. The first-order valence-corrected chi connectivity index (χ1v) is 14.9. The molecule has 0 N–H and O–H groups in total. The average molecular weight is 567 g/mol. The number of unbranched alkanes of at least 4 members (excludes halogenated alkanes) is 10. The van der Waals surface area contributed by atoms with Crippen LogP contribution in [0.3, 0.4) is 0 Å². The predicted octanol–water partition coefficient (Wildman–Crippen LogP) is 8.79. The molecule has 7 heteroatoms. The van der Waals surface area contributed by atoms with Crippen LogP contribution in [0.1, 0.15) is 84.0 Å². The number of hydrogen-bond acceptors (Lipinski definition) is 6. The largest absolute Gasteiger partial charge is 0.493 e. The molecule has 0 amide bonds. The Morgan fingerprint density at radius 2 is 1.49 bits per heavy atom. The summed E-state index contributed by atoms with van der Waals surface area (Å²) in [4.78, 5) is 23.7. The second kappa shape index (κ2) is 17.9. The Labute approximate surface area is 242 Å². The summed E-state index contributed by atoms with van der Waals surface area (Å²) in [7, 11) is 0. The van der Waals surface area contributed by atoms with Crippen LogP contribution in [0, 0.1) is 5.82 Å². The van der Waals surface area contributed by atoms with E-state index in [-0.39, 0.29) is 22.8 Å². The first-order chi connectivity index (χ1) is 20.0. The zero-order valence-corrected chi connectivity index (χ0v) is 24.3. The highest BCUT2D eigenvalue weighted by Crippen LogP contribution is 2.30. The summed E-state index contributed by atoms with van der Waals surface area (Å²) in [5.41, 5.74) is 0.132. The van der Waals surface area contributed by atoms with E-state index in [0.717, 1.165) is 38.5 Å². The minimum atomic E-state index is -0.603. The molecule has 0 unspecified atom stereocenters. The van der Waals surface area contributed by atoms with Crippen molar-refractivity contribution in [1.82, 2.24) is 0 Å². The third-order valence-corrected chi connectivity index (χ3v) is 6.93. The monoisotopic (exact) mass is 566 g/mol. The van der Waals surface area contributed by atoms with Crippen LogP contribution in [0.5, 0.6) is 11.5 Å². The minimum absolute atomic E-state index is 0.136. The van der Waals surface area contributed by atoms with Crippen LogP contribution in [0.25, 0.3) is 22.1 Å². The van der Waals surface area contributed by atoms with Crippen LogP contribution >= 0.6 is 0 Å². The van der Waals surface area contributed by atoms with Crippen LogP contribution in [-0.4, -0.2) is 25.8 Å². The molecule has 1 aromatic heterocycles. The molecule has 0 saturated carbocycles. The summed E-state index contributed by atoms with van der Waals surface area (Å²) in [6, 6.07) is 11.8. The molecule has 222 valence electrons. The molecular weight excluding hydrogens is 523 g/mol. The van der Waals surface area contributed by atoms with Gasteiger partial charge in [0.05, 0.1) is 25.4 Å². The number of benzene rings is 2. The van der Waals surface area contributed by atoms with Crippen LogP contribution in [-0.2, 0) is 9.53 Å². The van der Waals surface area contributed by atoms with Gasteiger partial charge in [0, 0.05) is 23.1 Å². The van der Waals surface area contributed by atoms with Crippen molar-refractivity contribution in [3.63, 3.8) is 0 Å². The van der Waals surface area contributed by atoms with E-state index in [1.165, 1.54) is 44.6 Å². The summed E-state index contributed by atoms with van der Waals surface area (Å²) in [6.07, 6.45) is 14.3. The molecule has 0 aliphatic heterocycles. The van der Waals surface area contributed by atoms with Gasteiger partial charge in [0.1, 0.15) is 11.3 Å². The van der Waals surface area contributed by atoms with Crippen molar-refractivity contribution in [2.24, 2.45) is 0 Å². The summed E-state index contributed by atoms with van der Waals surface area (Å²) in [6.45, 7) is 6.92. The van der Waals surface area contributed by atoms with Gasteiger partial charge in [0.2, 0.25) is 0 Å². The van der Waals surface area contributed by atoms with Crippen LogP contribution < -0.4 is 15.1 Å². The van der Waals surface area contributed by atoms with Crippen molar-refractivity contribution < 1.29 is 27.8 Å². The third-order valence-electron chi connectivity index (χ3n) is 6.93. The van der Waals surface area contributed by atoms with Gasteiger partial charge in [-0.3, -0.25) is 0 Å². The van der Waals surface area contributed by atoms with Gasteiger partial charge in [-0.05, 0) is 43.5 Å². The Hall–Kier alpha value is -3.61. The Morgan fingerprint density at radius 1 is 0.829 bits per heavy atom. The quantitative estimate of drug-likeness (QED) is 0.0589. The van der Waals surface area contributed by atoms with E-state index in [1.54, 1.807) is 30.3 Å². The van der Waals surface area contributed by atoms with Crippen molar-refractivity contribution in [3.05, 3.63) is 71.4 Å². The summed E-state index contributed by atoms with van der Waals surface area (Å²) in [5, 5.41) is 0.694. The molecule has 0 fully saturated rings. The molecular formula is C34H43FO6. The van der Waals surface area contributed by atoms with Gasteiger partial charge in [-0.2, -0.15) is 0 Å². The lowest BCUT2D eigenvalue weighted by atomic mass is 10.0. The molecule has 0 atom stereocenters. The number of carbonyl (C=O) groups excluding carboxylic acids is 1. The van der Waals surface area contributed by atoms with Crippen LogP contribution in [0.4, 0.5) is 4.39 Å². The molecule has 3 rings (SSSR count). The van der Waals surface area contributed by atoms with Gasteiger partial charge in [0.15, 0.2) is 11.6 Å². The van der Waals surface area contributed by atoms with Gasteiger partial charge in [-0.1, -0.05) is 83.4 Å². The van der Waals surface area contributed by atoms with Crippen molar-refractivity contribution in [2.45, 2.75) is 84.0 Å². The van der Waals surface area contributed by atoms with Crippen molar-refractivity contribution >= 4 is 16.9 Å². The molecule has 6 nitrogen and oxygen atoms in total. The number of fused-ring (bicyclic) bond motifs is 1. The van der Waals surface area contributed by atoms with Gasteiger partial charge < -0.3 is 18.6 Å². The fourth-order valence-corrected chi connectivity index (χ4v) is 4.57. The SMILES string of the molecule is C=CC(=O)OCCCCCCCCCCCCOc1ccc2cc(-c3cccc(OCCCC)c3F)c(=O)oc2c1. The highest BCUT2D eigenvalue weighted by molar-refractivity contribution is 5.83. The Balaban J connectivity index is 1.37. The lowest BCUT2D eigenvalue weighted by Crippen LogP contribution is -2.06. The van der Waals surface area contributed by atoms with Gasteiger partial charge in [-0.15, -0.1) is 0 Å². The van der Waals surface area contributed by atoms with Crippen LogP contribution in [0.2, 0.25) is 0 Å². The van der Waals surface area contributed by atoms with Crippen molar-refractivity contribution in [3.8, 4) is 22.6 Å². The van der Waals surface area contributed by atoms with Gasteiger partial charge >= 0.3 is 11.6 Å².